The number of amides is 2. The zero-order valence-electron chi connectivity index (χ0n) is 19.9. The molecule has 1 fully saturated rings. The Kier molecular flexibility index (Phi) is 7.66. The minimum absolute atomic E-state index is 0.000945. The molecule has 31 heavy (non-hydrogen) atoms. The van der Waals surface area contributed by atoms with Crippen molar-refractivity contribution in [2.75, 3.05) is 25.1 Å². The van der Waals surface area contributed by atoms with E-state index in [4.69, 9.17) is 4.74 Å². The third-order valence-corrected chi connectivity index (χ3v) is 7.06. The maximum atomic E-state index is 13.1. The highest BCUT2D eigenvalue weighted by Gasteiger charge is 2.43. The van der Waals surface area contributed by atoms with Gasteiger partial charge in [0.1, 0.15) is 11.4 Å². The fourth-order valence-corrected chi connectivity index (χ4v) is 5.21. The Morgan fingerprint density at radius 2 is 2.03 bits per heavy atom. The molecule has 6 nitrogen and oxygen atoms in total. The highest BCUT2D eigenvalue weighted by Crippen LogP contribution is 2.35. The molecule has 0 spiro atoms. The van der Waals surface area contributed by atoms with Gasteiger partial charge >= 0.3 is 0 Å². The number of hydrogen-bond acceptors (Lipinski definition) is 5. The largest absolute Gasteiger partial charge is 0.490 e. The van der Waals surface area contributed by atoms with E-state index in [2.05, 4.69) is 35.2 Å². The van der Waals surface area contributed by atoms with Crippen molar-refractivity contribution >= 4 is 23.6 Å². The van der Waals surface area contributed by atoms with Crippen LogP contribution in [-0.4, -0.2) is 70.4 Å². The molecule has 1 saturated heterocycles. The highest BCUT2D eigenvalue weighted by molar-refractivity contribution is 7.98. The third kappa shape index (κ3) is 5.79. The Bertz CT molecular complexity index is 743. The Morgan fingerprint density at radius 3 is 2.68 bits per heavy atom. The molecule has 0 aromatic rings. The summed E-state index contributed by atoms with van der Waals surface area (Å²) in [6.07, 6.45) is 9.40. The van der Waals surface area contributed by atoms with E-state index >= 15 is 0 Å². The Morgan fingerprint density at radius 1 is 1.29 bits per heavy atom. The molecule has 7 heteroatoms. The fraction of sp³-hybridized carbons (Fsp3) is 0.750. The first-order valence-electron chi connectivity index (χ1n) is 11.6. The molecule has 174 valence electrons. The molecule has 0 saturated carbocycles. The van der Waals surface area contributed by atoms with Crippen molar-refractivity contribution in [3.05, 3.63) is 23.6 Å². The van der Waals surface area contributed by atoms with Crippen LogP contribution in [0.25, 0.3) is 0 Å². The van der Waals surface area contributed by atoms with Gasteiger partial charge in [0.15, 0.2) is 0 Å². The number of carbonyl (C=O) groups excluding carboxylic acids is 2. The number of carbonyl (C=O) groups is 2. The number of thioether (sulfide) groups is 1. The number of likely N-dealkylation sites (tertiary alicyclic amines) is 1. The Labute approximate surface area is 191 Å². The lowest BCUT2D eigenvalue weighted by Gasteiger charge is -2.35. The lowest BCUT2D eigenvalue weighted by molar-refractivity contribution is -0.129. The summed E-state index contributed by atoms with van der Waals surface area (Å²) in [5.41, 5.74) is 0.758. The summed E-state index contributed by atoms with van der Waals surface area (Å²) in [7, 11) is 0. The normalized spacial score (nSPS) is 27.5. The van der Waals surface area contributed by atoms with E-state index in [0.717, 1.165) is 56.0 Å². The molecule has 3 aliphatic rings. The molecule has 3 aliphatic heterocycles. The van der Waals surface area contributed by atoms with Gasteiger partial charge in [0.2, 0.25) is 5.91 Å². The zero-order chi connectivity index (χ0) is 22.8. The predicted molar refractivity (Wildman–Crippen MR) is 127 cm³/mol. The molecule has 0 aromatic carbocycles. The minimum atomic E-state index is -0.331. The van der Waals surface area contributed by atoms with Crippen LogP contribution in [0.1, 0.15) is 60.3 Å². The van der Waals surface area contributed by atoms with Crippen LogP contribution in [0, 0.1) is 5.92 Å². The van der Waals surface area contributed by atoms with Crippen LogP contribution in [0.15, 0.2) is 23.6 Å². The Hall–Kier alpha value is -1.63. The Balaban J connectivity index is 1.74. The van der Waals surface area contributed by atoms with Gasteiger partial charge in [-0.25, -0.2) is 0 Å². The number of hydrogen-bond donors (Lipinski definition) is 1. The molecular weight excluding hydrogens is 410 g/mol. The lowest BCUT2D eigenvalue weighted by Crippen LogP contribution is -2.46. The van der Waals surface area contributed by atoms with Gasteiger partial charge in [-0.05, 0) is 58.0 Å². The average molecular weight is 450 g/mol. The summed E-state index contributed by atoms with van der Waals surface area (Å²) < 4.78 is 6.24. The maximum Gasteiger partial charge on any atom is 0.250 e. The molecule has 4 atom stereocenters. The molecule has 0 aliphatic carbocycles. The van der Waals surface area contributed by atoms with Crippen LogP contribution in [-0.2, 0) is 14.3 Å². The lowest BCUT2D eigenvalue weighted by atomic mass is 9.97. The first-order valence-corrected chi connectivity index (χ1v) is 13.0. The van der Waals surface area contributed by atoms with Crippen molar-refractivity contribution in [2.24, 2.45) is 5.92 Å². The van der Waals surface area contributed by atoms with E-state index in [1.54, 1.807) is 23.9 Å². The van der Waals surface area contributed by atoms with Crippen LogP contribution in [0.5, 0.6) is 0 Å². The van der Waals surface area contributed by atoms with E-state index < -0.39 is 0 Å². The van der Waals surface area contributed by atoms with Crippen molar-refractivity contribution in [3.63, 3.8) is 0 Å². The second-order valence-electron chi connectivity index (χ2n) is 10.1. The summed E-state index contributed by atoms with van der Waals surface area (Å²) in [5.74, 6) is 2.40. The molecule has 3 heterocycles. The van der Waals surface area contributed by atoms with Gasteiger partial charge in [-0.1, -0.05) is 20.3 Å². The molecule has 3 rings (SSSR count). The quantitative estimate of drug-likeness (QED) is 0.583. The van der Waals surface area contributed by atoms with Crippen LogP contribution in [0.3, 0.4) is 0 Å². The SMILES string of the molecule is CC[C@H](C)C[C@H]1C(OC(C)(C)C)=CC(=O)N1[C@H]1CCN(C2=CC(=O)N[C@H]2CCSC)C1. The predicted octanol–water partition coefficient (Wildman–Crippen LogP) is 3.54. The molecule has 0 radical (unpaired) electrons. The molecular formula is C24H39N3O3S. The number of nitrogens with zero attached hydrogens (tertiary/aromatic N) is 2. The van der Waals surface area contributed by atoms with E-state index in [-0.39, 0.29) is 35.5 Å². The van der Waals surface area contributed by atoms with E-state index in [1.807, 2.05) is 20.8 Å². The first-order chi connectivity index (χ1) is 14.6. The smallest absolute Gasteiger partial charge is 0.250 e. The minimum Gasteiger partial charge on any atom is -0.490 e. The van der Waals surface area contributed by atoms with E-state index in [1.165, 1.54) is 0 Å². The molecule has 0 aromatic heterocycles. The van der Waals surface area contributed by atoms with E-state index in [9.17, 15) is 9.59 Å². The molecule has 0 unspecified atom stereocenters. The summed E-state index contributed by atoms with van der Waals surface area (Å²) in [4.78, 5) is 29.5. The topological polar surface area (TPSA) is 61.9 Å². The van der Waals surface area contributed by atoms with Gasteiger partial charge in [-0.15, -0.1) is 0 Å². The summed E-state index contributed by atoms with van der Waals surface area (Å²) >= 11 is 1.80. The van der Waals surface area contributed by atoms with Crippen LogP contribution in [0.4, 0.5) is 0 Å². The van der Waals surface area contributed by atoms with Gasteiger partial charge in [0, 0.05) is 30.9 Å². The zero-order valence-corrected chi connectivity index (χ0v) is 20.8. The second kappa shape index (κ2) is 9.88. The van der Waals surface area contributed by atoms with Crippen molar-refractivity contribution in [2.45, 2.75) is 84.0 Å². The summed E-state index contributed by atoms with van der Waals surface area (Å²) in [6, 6.07) is 0.217. The van der Waals surface area contributed by atoms with Crippen LogP contribution in [0.2, 0.25) is 0 Å². The van der Waals surface area contributed by atoms with Gasteiger partial charge in [0.05, 0.1) is 18.1 Å². The number of ether oxygens (including phenoxy) is 1. The van der Waals surface area contributed by atoms with Crippen molar-refractivity contribution in [3.8, 4) is 0 Å². The standard InChI is InChI=1S/C24H39N3O3S/c1-7-16(2)12-20-21(30-24(3,4)5)14-23(29)27(20)17-8-10-26(15-17)19-13-22(28)25-18(19)9-11-31-6/h13-14,16-18,20H,7-12,15H2,1-6H3,(H,25,28)/t16-,17-,18-,20-/m0/s1. The first kappa shape index (κ1) is 24.0. The summed E-state index contributed by atoms with van der Waals surface area (Å²) in [5, 5.41) is 3.09. The van der Waals surface area contributed by atoms with Crippen molar-refractivity contribution in [1.82, 2.24) is 15.1 Å². The number of rotatable bonds is 9. The van der Waals surface area contributed by atoms with Crippen molar-refractivity contribution < 1.29 is 14.3 Å². The van der Waals surface area contributed by atoms with E-state index in [0.29, 0.717) is 5.92 Å². The molecule has 2 amide bonds. The maximum absolute atomic E-state index is 13.1. The molecule has 1 N–H and O–H groups in total. The third-order valence-electron chi connectivity index (χ3n) is 6.42. The second-order valence-corrected chi connectivity index (χ2v) is 11.1. The summed E-state index contributed by atoms with van der Waals surface area (Å²) in [6.45, 7) is 12.2. The van der Waals surface area contributed by atoms with Gasteiger partial charge < -0.3 is 19.9 Å². The monoisotopic (exact) mass is 449 g/mol. The van der Waals surface area contributed by atoms with Crippen LogP contribution < -0.4 is 5.32 Å². The highest BCUT2D eigenvalue weighted by atomic mass is 32.2. The van der Waals surface area contributed by atoms with Gasteiger partial charge in [-0.3, -0.25) is 9.59 Å². The van der Waals surface area contributed by atoms with Crippen molar-refractivity contribution in [1.29, 1.82) is 0 Å². The van der Waals surface area contributed by atoms with Gasteiger partial charge in [-0.2, -0.15) is 11.8 Å². The number of nitrogens with one attached hydrogen (secondary N) is 1. The van der Waals surface area contributed by atoms with Crippen LogP contribution >= 0.6 is 11.8 Å². The van der Waals surface area contributed by atoms with Gasteiger partial charge in [0.25, 0.3) is 5.91 Å². The molecule has 0 bridgehead atoms. The average Bonchev–Trinajstić information content (AvgIpc) is 3.36. The fourth-order valence-electron chi connectivity index (χ4n) is 4.74.